The summed E-state index contributed by atoms with van der Waals surface area (Å²) in [6.45, 7) is 6.35. The molecule has 2 fully saturated rings. The van der Waals surface area contributed by atoms with Crippen LogP contribution in [-0.2, 0) is 15.7 Å². The van der Waals surface area contributed by atoms with Crippen molar-refractivity contribution in [2.45, 2.75) is 12.6 Å². The van der Waals surface area contributed by atoms with Crippen molar-refractivity contribution in [1.29, 1.82) is 0 Å². The number of hydrogen-bond acceptors (Lipinski definition) is 5. The molecule has 2 aliphatic heterocycles. The molecule has 2 heterocycles. The smallest absolute Gasteiger partial charge is 0.379 e. The first-order chi connectivity index (χ1) is 13.9. The average molecular weight is 416 g/mol. The van der Waals surface area contributed by atoms with Gasteiger partial charge < -0.3 is 25.0 Å². The van der Waals surface area contributed by atoms with Crippen LogP contribution in [0.3, 0.4) is 0 Å². The largest absolute Gasteiger partial charge is 0.418 e. The van der Waals surface area contributed by atoms with Crippen LogP contribution >= 0.6 is 0 Å². The highest BCUT2D eigenvalue weighted by atomic mass is 19.4. The van der Waals surface area contributed by atoms with Crippen LogP contribution in [0.5, 0.6) is 0 Å². The van der Waals surface area contributed by atoms with Crippen LogP contribution in [0.4, 0.5) is 29.3 Å². The third-order valence-electron chi connectivity index (χ3n) is 4.97. The molecule has 0 spiro atoms. The number of carbonyl (C=O) groups is 1. The van der Waals surface area contributed by atoms with Gasteiger partial charge in [0.2, 0.25) is 0 Å². The molecule has 0 bridgehead atoms. The lowest BCUT2D eigenvalue weighted by molar-refractivity contribution is -0.136. The number of alkyl halides is 3. The normalized spacial score (nSPS) is 18.5. The van der Waals surface area contributed by atoms with Gasteiger partial charge in [-0.15, -0.1) is 0 Å². The van der Waals surface area contributed by atoms with E-state index in [-0.39, 0.29) is 5.69 Å². The first kappa shape index (κ1) is 21.7. The minimum absolute atomic E-state index is 0.250. The van der Waals surface area contributed by atoms with Crippen LogP contribution in [0.25, 0.3) is 0 Å². The zero-order valence-electron chi connectivity index (χ0n) is 16.3. The molecule has 1 aromatic carbocycles. The maximum absolute atomic E-state index is 13.5. The van der Waals surface area contributed by atoms with E-state index in [2.05, 4.69) is 15.5 Å². The van der Waals surface area contributed by atoms with Crippen molar-refractivity contribution in [3.05, 3.63) is 23.8 Å². The molecule has 2 saturated heterocycles. The zero-order valence-corrected chi connectivity index (χ0v) is 16.3. The SMILES string of the molecule is O=C(NCCCN1CCOCC1)Nc1ccc(N2CCOCC2)cc1C(F)(F)F. The second-order valence-corrected chi connectivity index (χ2v) is 7.02. The summed E-state index contributed by atoms with van der Waals surface area (Å²) in [5.74, 6) is 0. The highest BCUT2D eigenvalue weighted by Crippen LogP contribution is 2.37. The Morgan fingerprint density at radius 2 is 1.69 bits per heavy atom. The van der Waals surface area contributed by atoms with Crippen LogP contribution in [0.15, 0.2) is 18.2 Å². The topological polar surface area (TPSA) is 66.1 Å². The van der Waals surface area contributed by atoms with Gasteiger partial charge in [0.1, 0.15) is 0 Å². The Kier molecular flexibility index (Phi) is 7.57. The number of rotatable bonds is 6. The fraction of sp³-hybridized carbons (Fsp3) is 0.632. The monoisotopic (exact) mass is 416 g/mol. The van der Waals surface area contributed by atoms with Gasteiger partial charge in [-0.2, -0.15) is 13.2 Å². The van der Waals surface area contributed by atoms with Crippen LogP contribution in [0.2, 0.25) is 0 Å². The lowest BCUT2D eigenvalue weighted by Crippen LogP contribution is -2.38. The molecule has 162 valence electrons. The van der Waals surface area contributed by atoms with Crippen LogP contribution in [0.1, 0.15) is 12.0 Å². The maximum atomic E-state index is 13.5. The molecule has 2 aliphatic rings. The van der Waals surface area contributed by atoms with Gasteiger partial charge in [-0.1, -0.05) is 0 Å². The van der Waals surface area contributed by atoms with Crippen molar-refractivity contribution < 1.29 is 27.4 Å². The molecule has 3 rings (SSSR count). The van der Waals surface area contributed by atoms with Crippen LogP contribution in [0, 0.1) is 0 Å². The molecular formula is C19H27F3N4O3. The van der Waals surface area contributed by atoms with E-state index < -0.39 is 17.8 Å². The molecule has 2 amide bonds. The summed E-state index contributed by atoms with van der Waals surface area (Å²) in [5, 5.41) is 4.96. The molecule has 0 unspecified atom stereocenters. The van der Waals surface area contributed by atoms with E-state index >= 15 is 0 Å². The Hall–Kier alpha value is -2.04. The number of morpholine rings is 2. The molecule has 0 atom stereocenters. The number of carbonyl (C=O) groups excluding carboxylic acids is 1. The summed E-state index contributed by atoms with van der Waals surface area (Å²) in [6, 6.07) is 3.34. The Bertz CT molecular complexity index is 675. The van der Waals surface area contributed by atoms with Crippen molar-refractivity contribution in [3.8, 4) is 0 Å². The first-order valence-electron chi connectivity index (χ1n) is 9.82. The minimum atomic E-state index is -4.57. The van der Waals surface area contributed by atoms with E-state index in [0.717, 1.165) is 32.1 Å². The van der Waals surface area contributed by atoms with Crippen LogP contribution < -0.4 is 15.5 Å². The summed E-state index contributed by atoms with van der Waals surface area (Å²) in [6.07, 6.45) is -3.85. The predicted octanol–water partition coefficient (Wildman–Crippen LogP) is 2.39. The van der Waals surface area contributed by atoms with Crippen molar-refractivity contribution in [2.24, 2.45) is 0 Å². The number of ether oxygens (including phenoxy) is 2. The van der Waals surface area contributed by atoms with Gasteiger partial charge in [0.15, 0.2) is 0 Å². The number of nitrogens with zero attached hydrogens (tertiary/aromatic N) is 2. The number of nitrogens with one attached hydrogen (secondary N) is 2. The Balaban J connectivity index is 1.54. The minimum Gasteiger partial charge on any atom is -0.379 e. The third kappa shape index (κ3) is 6.48. The van der Waals surface area contributed by atoms with Gasteiger partial charge in [-0.05, 0) is 31.2 Å². The second kappa shape index (κ2) is 10.1. The quantitative estimate of drug-likeness (QED) is 0.698. The van der Waals surface area contributed by atoms with E-state index in [1.54, 1.807) is 6.07 Å². The van der Waals surface area contributed by atoms with Crippen molar-refractivity contribution in [3.63, 3.8) is 0 Å². The molecular weight excluding hydrogens is 389 g/mol. The number of anilines is 2. The van der Waals surface area contributed by atoms with Crippen molar-refractivity contribution >= 4 is 17.4 Å². The fourth-order valence-electron chi connectivity index (χ4n) is 3.39. The van der Waals surface area contributed by atoms with E-state index in [0.29, 0.717) is 51.7 Å². The fourth-order valence-corrected chi connectivity index (χ4v) is 3.39. The maximum Gasteiger partial charge on any atom is 0.418 e. The van der Waals surface area contributed by atoms with E-state index in [9.17, 15) is 18.0 Å². The average Bonchev–Trinajstić information content (AvgIpc) is 2.72. The highest BCUT2D eigenvalue weighted by molar-refractivity contribution is 5.90. The molecule has 0 radical (unpaired) electrons. The molecule has 29 heavy (non-hydrogen) atoms. The lowest BCUT2D eigenvalue weighted by atomic mass is 10.1. The number of hydrogen-bond donors (Lipinski definition) is 2. The van der Waals surface area contributed by atoms with Gasteiger partial charge in [0, 0.05) is 38.4 Å². The van der Waals surface area contributed by atoms with E-state index in [4.69, 9.17) is 9.47 Å². The van der Waals surface area contributed by atoms with Crippen molar-refractivity contribution in [1.82, 2.24) is 10.2 Å². The molecule has 0 aliphatic carbocycles. The first-order valence-corrected chi connectivity index (χ1v) is 9.82. The third-order valence-corrected chi connectivity index (χ3v) is 4.97. The molecule has 10 heteroatoms. The predicted molar refractivity (Wildman–Crippen MR) is 103 cm³/mol. The van der Waals surface area contributed by atoms with Gasteiger partial charge in [0.25, 0.3) is 0 Å². The molecule has 0 aromatic heterocycles. The number of urea groups is 1. The molecule has 2 N–H and O–H groups in total. The Morgan fingerprint density at radius 3 is 2.34 bits per heavy atom. The standard InChI is InChI=1S/C19H27F3N4O3/c20-19(21,22)16-14-15(26-8-12-29-13-9-26)2-3-17(16)24-18(27)23-4-1-5-25-6-10-28-11-7-25/h2-3,14H,1,4-13H2,(H2,23,24,27). The molecule has 0 saturated carbocycles. The van der Waals surface area contributed by atoms with E-state index in [1.165, 1.54) is 6.07 Å². The van der Waals surface area contributed by atoms with Crippen LogP contribution in [-0.4, -0.2) is 76.6 Å². The summed E-state index contributed by atoms with van der Waals surface area (Å²) >= 11 is 0. The number of amides is 2. The summed E-state index contributed by atoms with van der Waals surface area (Å²) in [5.41, 5.74) is -0.637. The Labute approximate surface area is 168 Å². The van der Waals surface area contributed by atoms with Gasteiger partial charge in [-0.25, -0.2) is 4.79 Å². The van der Waals surface area contributed by atoms with Gasteiger partial charge in [0.05, 0.1) is 37.7 Å². The van der Waals surface area contributed by atoms with Gasteiger partial charge in [-0.3, -0.25) is 4.90 Å². The molecule has 7 nitrogen and oxygen atoms in total. The number of halogens is 3. The summed E-state index contributed by atoms with van der Waals surface area (Å²) in [7, 11) is 0. The highest BCUT2D eigenvalue weighted by Gasteiger charge is 2.34. The Morgan fingerprint density at radius 1 is 1.03 bits per heavy atom. The lowest BCUT2D eigenvalue weighted by Gasteiger charge is -2.29. The second-order valence-electron chi connectivity index (χ2n) is 7.02. The van der Waals surface area contributed by atoms with Crippen molar-refractivity contribution in [2.75, 3.05) is 75.9 Å². The molecule has 1 aromatic rings. The van der Waals surface area contributed by atoms with Gasteiger partial charge >= 0.3 is 12.2 Å². The van der Waals surface area contributed by atoms with E-state index in [1.807, 2.05) is 4.90 Å². The zero-order chi connectivity index (χ0) is 20.7. The summed E-state index contributed by atoms with van der Waals surface area (Å²) in [4.78, 5) is 16.2. The number of benzene rings is 1. The summed E-state index contributed by atoms with van der Waals surface area (Å²) < 4.78 is 51.1.